The Morgan fingerprint density at radius 3 is 2.80 bits per heavy atom. The van der Waals surface area contributed by atoms with Gasteiger partial charge in [-0.25, -0.2) is 0 Å². The van der Waals surface area contributed by atoms with Crippen molar-refractivity contribution in [3.8, 4) is 16.9 Å². The van der Waals surface area contributed by atoms with Gasteiger partial charge in [-0.1, -0.05) is 24.3 Å². The smallest absolute Gasteiger partial charge is 0.387 e. The van der Waals surface area contributed by atoms with Gasteiger partial charge < -0.3 is 10.1 Å². The van der Waals surface area contributed by atoms with Gasteiger partial charge >= 0.3 is 6.61 Å². The zero-order chi connectivity index (χ0) is 17.2. The van der Waals surface area contributed by atoms with Crippen LogP contribution in [0.4, 0.5) is 14.5 Å². The molecule has 0 aliphatic carbocycles. The molecular formula is C20H17F2NOS. The molecule has 0 radical (unpaired) electrons. The Balaban J connectivity index is 1.61. The Morgan fingerprint density at radius 2 is 2.00 bits per heavy atom. The number of nitrogens with one attached hydrogen (secondary N) is 1. The lowest BCUT2D eigenvalue weighted by Crippen LogP contribution is -2.18. The maximum Gasteiger partial charge on any atom is 0.387 e. The van der Waals surface area contributed by atoms with Gasteiger partial charge in [-0.2, -0.15) is 20.1 Å². The van der Waals surface area contributed by atoms with E-state index in [0.29, 0.717) is 0 Å². The molecule has 0 fully saturated rings. The first kappa shape index (κ1) is 16.1. The first-order valence-corrected chi connectivity index (χ1v) is 9.11. The summed E-state index contributed by atoms with van der Waals surface area (Å²) in [7, 11) is 0. The largest absolute Gasteiger partial charge is 0.435 e. The second kappa shape index (κ2) is 6.84. The highest BCUT2D eigenvalue weighted by atomic mass is 32.1. The number of fused-ring (bicyclic) bond motifs is 1. The maximum atomic E-state index is 12.4. The fraction of sp³-hybridized carbons (Fsp3) is 0.200. The molecule has 0 saturated heterocycles. The lowest BCUT2D eigenvalue weighted by atomic mass is 9.89. The van der Waals surface area contributed by atoms with Crippen molar-refractivity contribution in [2.45, 2.75) is 25.5 Å². The van der Waals surface area contributed by atoms with Gasteiger partial charge in [0.15, 0.2) is 0 Å². The molecule has 2 heterocycles. The van der Waals surface area contributed by atoms with Gasteiger partial charge in [-0.15, -0.1) is 0 Å². The first-order valence-electron chi connectivity index (χ1n) is 8.16. The van der Waals surface area contributed by atoms with Crippen molar-refractivity contribution in [2.75, 3.05) is 5.32 Å². The predicted octanol–water partition coefficient (Wildman–Crippen LogP) is 6.12. The minimum atomic E-state index is -2.80. The maximum absolute atomic E-state index is 12.4. The highest BCUT2D eigenvalue weighted by Crippen LogP contribution is 2.39. The number of benzene rings is 2. The molecule has 0 bridgehead atoms. The summed E-state index contributed by atoms with van der Waals surface area (Å²) in [5.41, 5.74) is 5.90. The standard InChI is InChI=1S/C20H17F2NOS/c21-20(22)24-15-4-1-3-13(11-15)18-8-7-17-16(14-9-10-25-12-14)5-2-6-19(17)23-18/h1-6,9-12,18,20,23H,7-8H2. The average Bonchev–Trinajstić information content (AvgIpc) is 3.15. The number of halogens is 2. The van der Waals surface area contributed by atoms with Crippen LogP contribution in [0.1, 0.15) is 23.6 Å². The highest BCUT2D eigenvalue weighted by Gasteiger charge is 2.22. The molecule has 0 amide bonds. The Bertz CT molecular complexity index is 864. The lowest BCUT2D eigenvalue weighted by Gasteiger charge is -2.29. The first-order chi connectivity index (χ1) is 12.2. The molecule has 1 aliphatic heterocycles. The van der Waals surface area contributed by atoms with Crippen LogP contribution in [-0.2, 0) is 6.42 Å². The molecule has 25 heavy (non-hydrogen) atoms. The van der Waals surface area contributed by atoms with Gasteiger partial charge in [0.2, 0.25) is 0 Å². The number of ether oxygens (including phenoxy) is 1. The molecule has 5 heteroatoms. The number of alkyl halides is 2. The van der Waals surface area contributed by atoms with Crippen LogP contribution in [0.3, 0.4) is 0 Å². The van der Waals surface area contributed by atoms with E-state index in [-0.39, 0.29) is 11.8 Å². The molecule has 128 valence electrons. The molecule has 3 aromatic rings. The summed E-state index contributed by atoms with van der Waals surface area (Å²) in [5.74, 6) is 0.201. The Morgan fingerprint density at radius 1 is 1.12 bits per heavy atom. The summed E-state index contributed by atoms with van der Waals surface area (Å²) in [6.07, 6.45) is 1.85. The van der Waals surface area contributed by atoms with Crippen molar-refractivity contribution in [1.82, 2.24) is 0 Å². The quantitative estimate of drug-likeness (QED) is 0.608. The normalized spacial score (nSPS) is 16.4. The SMILES string of the molecule is FC(F)Oc1cccc(C2CCc3c(cccc3-c3ccsc3)N2)c1. The summed E-state index contributed by atoms with van der Waals surface area (Å²) in [6.45, 7) is -2.80. The summed E-state index contributed by atoms with van der Waals surface area (Å²) in [4.78, 5) is 0. The van der Waals surface area contributed by atoms with Gasteiger partial charge in [0.05, 0.1) is 6.04 Å². The lowest BCUT2D eigenvalue weighted by molar-refractivity contribution is -0.0498. The molecule has 1 atom stereocenters. The summed E-state index contributed by atoms with van der Waals surface area (Å²) >= 11 is 1.69. The van der Waals surface area contributed by atoms with Crippen LogP contribution in [0.2, 0.25) is 0 Å². The topological polar surface area (TPSA) is 21.3 Å². The molecule has 1 N–H and O–H groups in total. The second-order valence-electron chi connectivity index (χ2n) is 6.03. The zero-order valence-electron chi connectivity index (χ0n) is 13.4. The fourth-order valence-corrected chi connectivity index (χ4v) is 4.04. The summed E-state index contributed by atoms with van der Waals surface area (Å²) < 4.78 is 29.4. The van der Waals surface area contributed by atoms with Crippen molar-refractivity contribution in [3.63, 3.8) is 0 Å². The van der Waals surface area contributed by atoms with Crippen molar-refractivity contribution in [3.05, 3.63) is 70.4 Å². The highest BCUT2D eigenvalue weighted by molar-refractivity contribution is 7.08. The van der Waals surface area contributed by atoms with Crippen molar-refractivity contribution >= 4 is 17.0 Å². The van der Waals surface area contributed by atoms with E-state index in [4.69, 9.17) is 0 Å². The molecule has 1 aliphatic rings. The van der Waals surface area contributed by atoms with Crippen molar-refractivity contribution in [2.24, 2.45) is 0 Å². The van der Waals surface area contributed by atoms with Gasteiger partial charge in [-0.3, -0.25) is 0 Å². The predicted molar refractivity (Wildman–Crippen MR) is 97.5 cm³/mol. The fourth-order valence-electron chi connectivity index (χ4n) is 3.39. The molecule has 2 nitrogen and oxygen atoms in total. The second-order valence-corrected chi connectivity index (χ2v) is 6.81. The Kier molecular flexibility index (Phi) is 4.40. The van der Waals surface area contributed by atoms with Crippen LogP contribution >= 0.6 is 11.3 Å². The van der Waals surface area contributed by atoms with E-state index in [9.17, 15) is 8.78 Å². The third kappa shape index (κ3) is 3.37. The van der Waals surface area contributed by atoms with Crippen LogP contribution < -0.4 is 10.1 Å². The van der Waals surface area contributed by atoms with E-state index in [1.165, 1.54) is 16.7 Å². The molecule has 0 spiro atoms. The van der Waals surface area contributed by atoms with E-state index in [1.807, 2.05) is 6.07 Å². The van der Waals surface area contributed by atoms with E-state index in [1.54, 1.807) is 29.5 Å². The Hall–Kier alpha value is -2.40. The summed E-state index contributed by atoms with van der Waals surface area (Å²) in [6, 6.07) is 15.5. The number of hydrogen-bond acceptors (Lipinski definition) is 3. The molecule has 2 aromatic carbocycles. The monoisotopic (exact) mass is 357 g/mol. The third-order valence-corrected chi connectivity index (χ3v) is 5.19. The number of thiophene rings is 1. The van der Waals surface area contributed by atoms with Gasteiger partial charge in [0.1, 0.15) is 5.75 Å². The van der Waals surface area contributed by atoms with Crippen molar-refractivity contribution in [1.29, 1.82) is 0 Å². The molecule has 1 unspecified atom stereocenters. The van der Waals surface area contributed by atoms with Gasteiger partial charge in [0.25, 0.3) is 0 Å². The zero-order valence-corrected chi connectivity index (χ0v) is 14.2. The van der Waals surface area contributed by atoms with Crippen LogP contribution in [0.15, 0.2) is 59.3 Å². The van der Waals surface area contributed by atoms with Crippen molar-refractivity contribution < 1.29 is 13.5 Å². The average molecular weight is 357 g/mol. The van der Waals surface area contributed by atoms with E-state index >= 15 is 0 Å². The van der Waals surface area contributed by atoms with Gasteiger partial charge in [-0.05, 0) is 70.1 Å². The van der Waals surface area contributed by atoms with E-state index in [0.717, 1.165) is 24.1 Å². The van der Waals surface area contributed by atoms with E-state index in [2.05, 4.69) is 45.1 Å². The third-order valence-electron chi connectivity index (χ3n) is 4.51. The van der Waals surface area contributed by atoms with Crippen LogP contribution in [0.25, 0.3) is 11.1 Å². The van der Waals surface area contributed by atoms with E-state index < -0.39 is 6.61 Å². The minimum Gasteiger partial charge on any atom is -0.435 e. The minimum absolute atomic E-state index is 0.0893. The Labute approximate surface area is 149 Å². The van der Waals surface area contributed by atoms with Crippen LogP contribution in [0.5, 0.6) is 5.75 Å². The number of anilines is 1. The van der Waals surface area contributed by atoms with Gasteiger partial charge in [0, 0.05) is 5.69 Å². The molecular weight excluding hydrogens is 340 g/mol. The molecule has 0 saturated carbocycles. The number of hydrogen-bond donors (Lipinski definition) is 1. The van der Waals surface area contributed by atoms with Crippen LogP contribution in [-0.4, -0.2) is 6.61 Å². The summed E-state index contributed by atoms with van der Waals surface area (Å²) in [5, 5.41) is 7.80. The molecule has 4 rings (SSSR count). The van der Waals surface area contributed by atoms with Crippen LogP contribution in [0, 0.1) is 0 Å². The number of rotatable bonds is 4. The molecule has 1 aromatic heterocycles.